The van der Waals surface area contributed by atoms with E-state index in [1.807, 2.05) is 41.5 Å². The van der Waals surface area contributed by atoms with Crippen LogP contribution in [-0.2, 0) is 62.3 Å². The van der Waals surface area contributed by atoms with E-state index in [0.29, 0.717) is 12.2 Å². The first-order valence-corrected chi connectivity index (χ1v) is 34.8. The highest BCUT2D eigenvalue weighted by Gasteiger charge is 2.47. The highest BCUT2D eigenvalue weighted by Crippen LogP contribution is 2.27. The molecule has 1 aliphatic heterocycles. The lowest BCUT2D eigenvalue weighted by Gasteiger charge is -2.41. The average molecular weight is 1360 g/mol. The van der Waals surface area contributed by atoms with Gasteiger partial charge in [0, 0.05) is 67.9 Å². The maximum absolute atomic E-state index is 15.4. The maximum Gasteiger partial charge on any atom is 0.305 e. The molecule has 0 unspecified atom stereocenters. The third-order valence-corrected chi connectivity index (χ3v) is 18.7. The van der Waals surface area contributed by atoms with E-state index in [1.54, 1.807) is 60.6 Å². The first-order chi connectivity index (χ1) is 43.9. The number of hydrogen-bond donors (Lipinski definition) is 6. The number of rotatable bonds is 21. The van der Waals surface area contributed by atoms with Gasteiger partial charge in [-0.3, -0.25) is 57.5 Å². The third-order valence-electron chi connectivity index (χ3n) is 17.6. The Morgan fingerprint density at radius 3 is 1.46 bits per heavy atom. The van der Waals surface area contributed by atoms with Crippen LogP contribution < -0.4 is 21.3 Å². The second-order valence-corrected chi connectivity index (χ2v) is 29.6. The summed E-state index contributed by atoms with van der Waals surface area (Å²) in [6.07, 6.45) is 2.52. The van der Waals surface area contributed by atoms with Gasteiger partial charge in [0.1, 0.15) is 66.5 Å². The molecule has 0 aromatic rings. The lowest BCUT2D eigenvalue weighted by Crippen LogP contribution is -2.64. The van der Waals surface area contributed by atoms with Crippen LogP contribution in [0.2, 0.25) is 0 Å². The lowest BCUT2D eigenvalue weighted by atomic mass is 9.91. The fourth-order valence-corrected chi connectivity index (χ4v) is 12.7. The standard InChI is InChI=1S/C68H121N11O15S/c1-26-28-30-43(13)56(81)55-60(85)71-46(27-2)62(87)77(22)51(37-95-32-29-31-52(80)94-25)65(90)76(21)50(36-68(16,17)93)59(84)72-53(41(9)10)66(91)73(18)47(33-38(3)4)58(83)69-44(14)57(82)70-45(15)61(86)74(19)48(34-39(5)6)63(88)75(20)49(35-40(7)8)64(89)78(23)54(42(11)12)67(92)79(55)24/h26,28,38-51,53-56,81,93H,27,29-37H2,1-25H3,(H,69,83)(H,70,82)(H,71,85)(H,72,84)/b28-26+/t43-,44+,45-,46+,47+,48+,49+,50+,51+,53+,54+,55+,56-/m1/s1. The third kappa shape index (κ3) is 25.5. The van der Waals surface area contributed by atoms with Crippen molar-refractivity contribution >= 4 is 82.7 Å². The van der Waals surface area contributed by atoms with Gasteiger partial charge in [-0.2, -0.15) is 11.8 Å². The number of esters is 1. The van der Waals surface area contributed by atoms with Crippen molar-refractivity contribution in [3.8, 4) is 0 Å². The Balaban J connectivity index is 4.58. The number of nitrogens with one attached hydrogen (secondary N) is 4. The highest BCUT2D eigenvalue weighted by molar-refractivity contribution is 7.99. The Kier molecular flexibility index (Phi) is 36.3. The number of aliphatic hydroxyl groups is 2. The van der Waals surface area contributed by atoms with E-state index in [9.17, 15) is 39.0 Å². The number of allylic oxidation sites excluding steroid dienone is 2. The molecule has 26 nitrogen and oxygen atoms in total. The second kappa shape index (κ2) is 39.8. The Morgan fingerprint density at radius 1 is 0.547 bits per heavy atom. The van der Waals surface area contributed by atoms with Crippen molar-refractivity contribution in [2.24, 2.45) is 35.5 Å². The normalized spacial score (nSPS) is 26.2. The summed E-state index contributed by atoms with van der Waals surface area (Å²) >= 11 is 1.22. The van der Waals surface area contributed by atoms with E-state index < -0.39 is 167 Å². The van der Waals surface area contributed by atoms with Gasteiger partial charge in [-0.1, -0.05) is 95.2 Å². The van der Waals surface area contributed by atoms with Crippen LogP contribution in [-0.4, -0.2) is 262 Å². The molecule has 27 heteroatoms. The van der Waals surface area contributed by atoms with Gasteiger partial charge in [-0.25, -0.2) is 0 Å². The summed E-state index contributed by atoms with van der Waals surface area (Å²) in [6.45, 7) is 28.6. The number of likely N-dealkylation sites (N-methyl/N-ethyl adjacent to an activating group) is 7. The Bertz CT molecular complexity index is 2630. The predicted molar refractivity (Wildman–Crippen MR) is 367 cm³/mol. The van der Waals surface area contributed by atoms with Gasteiger partial charge in [-0.15, -0.1) is 0 Å². The molecule has 6 N–H and O–H groups in total. The van der Waals surface area contributed by atoms with E-state index in [1.165, 1.54) is 115 Å². The van der Waals surface area contributed by atoms with Gasteiger partial charge in [0.2, 0.25) is 65.0 Å². The predicted octanol–water partition coefficient (Wildman–Crippen LogP) is 3.44. The summed E-state index contributed by atoms with van der Waals surface area (Å²) < 4.78 is 4.82. The molecule has 544 valence electrons. The zero-order valence-corrected chi connectivity index (χ0v) is 62.7. The van der Waals surface area contributed by atoms with Crippen molar-refractivity contribution in [3.05, 3.63) is 12.2 Å². The molecule has 0 saturated carbocycles. The number of ether oxygens (including phenoxy) is 1. The van der Waals surface area contributed by atoms with Crippen LogP contribution in [0.15, 0.2) is 12.2 Å². The zero-order valence-electron chi connectivity index (χ0n) is 61.9. The number of nitrogens with zero attached hydrogens (tertiary/aromatic N) is 7. The van der Waals surface area contributed by atoms with E-state index >= 15 is 28.8 Å². The molecule has 1 fully saturated rings. The van der Waals surface area contributed by atoms with Crippen molar-refractivity contribution in [1.29, 1.82) is 0 Å². The number of carbonyl (C=O) groups excluding carboxylic acids is 12. The summed E-state index contributed by atoms with van der Waals surface area (Å²) in [5.74, 6) is -11.0. The molecule has 0 aliphatic carbocycles. The Morgan fingerprint density at radius 2 is 0.989 bits per heavy atom. The number of amides is 11. The van der Waals surface area contributed by atoms with Gasteiger partial charge in [-0.05, 0) is 114 Å². The quantitative estimate of drug-likeness (QED) is 0.0545. The molecule has 0 bridgehead atoms. The van der Waals surface area contributed by atoms with Gasteiger partial charge >= 0.3 is 5.97 Å². The van der Waals surface area contributed by atoms with Crippen LogP contribution in [0.3, 0.4) is 0 Å². The van der Waals surface area contributed by atoms with Crippen LogP contribution in [0.5, 0.6) is 0 Å². The summed E-state index contributed by atoms with van der Waals surface area (Å²) in [7, 11) is 10.9. The number of aliphatic hydroxyl groups excluding tert-OH is 1. The molecule has 1 rings (SSSR count). The molecule has 0 aromatic heterocycles. The first kappa shape index (κ1) is 86.7. The molecule has 11 amide bonds. The fraction of sp³-hybridized carbons (Fsp3) is 0.794. The highest BCUT2D eigenvalue weighted by atomic mass is 32.2. The molecular weight excluding hydrogens is 1240 g/mol. The summed E-state index contributed by atoms with van der Waals surface area (Å²) in [6, 6.07) is -14.8. The summed E-state index contributed by atoms with van der Waals surface area (Å²) in [5.41, 5.74) is -1.62. The lowest BCUT2D eigenvalue weighted by molar-refractivity contribution is -0.157. The maximum atomic E-state index is 15.4. The molecule has 0 aromatic carbocycles. The average Bonchev–Trinajstić information content (AvgIpc) is 0.811. The minimum atomic E-state index is -1.69. The van der Waals surface area contributed by atoms with E-state index in [2.05, 4.69) is 21.3 Å². The van der Waals surface area contributed by atoms with Gasteiger partial charge in [0.05, 0.1) is 18.8 Å². The van der Waals surface area contributed by atoms with E-state index in [0.717, 1.165) is 14.7 Å². The van der Waals surface area contributed by atoms with Crippen LogP contribution in [0.1, 0.15) is 169 Å². The van der Waals surface area contributed by atoms with Crippen LogP contribution in [0, 0.1) is 35.5 Å². The van der Waals surface area contributed by atoms with Gasteiger partial charge in [0.25, 0.3) is 0 Å². The van der Waals surface area contributed by atoms with Crippen LogP contribution in [0.4, 0.5) is 0 Å². The van der Waals surface area contributed by atoms with Crippen molar-refractivity contribution in [3.63, 3.8) is 0 Å². The van der Waals surface area contributed by atoms with Gasteiger partial charge in [0.15, 0.2) is 0 Å². The summed E-state index contributed by atoms with van der Waals surface area (Å²) in [4.78, 5) is 184. The zero-order chi connectivity index (χ0) is 73.6. The fourth-order valence-electron chi connectivity index (χ4n) is 11.6. The van der Waals surface area contributed by atoms with Gasteiger partial charge < -0.3 is 70.5 Å². The number of hydrogen-bond acceptors (Lipinski definition) is 16. The molecule has 1 heterocycles. The first-order valence-electron chi connectivity index (χ1n) is 33.6. The van der Waals surface area contributed by atoms with E-state index in [-0.39, 0.29) is 68.5 Å². The molecule has 95 heavy (non-hydrogen) atoms. The molecule has 13 atom stereocenters. The Hall–Kier alpha value is -6.35. The van der Waals surface area contributed by atoms with Crippen molar-refractivity contribution < 1.29 is 72.5 Å². The smallest absolute Gasteiger partial charge is 0.305 e. The molecule has 0 radical (unpaired) electrons. The molecular formula is C68H121N11O15S. The number of carbonyl (C=O) groups is 12. The van der Waals surface area contributed by atoms with Crippen LogP contribution in [0.25, 0.3) is 0 Å². The number of thioether (sulfide) groups is 1. The van der Waals surface area contributed by atoms with Crippen molar-refractivity contribution in [1.82, 2.24) is 55.6 Å². The second-order valence-electron chi connectivity index (χ2n) is 28.4. The molecule has 1 saturated heterocycles. The SMILES string of the molecule is C/C=C/C[C@@H](C)[C@@H](O)[C@H]1C(=O)N[C@@H](CC)C(=O)N(C)[C@@H](CSCCCC(=O)OC)C(=O)N(C)[C@@H](CC(C)(C)O)C(=O)N[C@@H](C(C)C)C(=O)N(C)[C@@H](CC(C)C)C(=O)N[C@@H](C)C(=O)N[C@H](C)C(=O)N(C)[C@@H](CC(C)C)C(=O)N(C)[C@@H](CC(C)C)C(=O)N(C)[C@@H](C(C)C)C(=O)N1C. The Labute approximate surface area is 571 Å². The molecule has 1 aliphatic rings. The monoisotopic (exact) mass is 1360 g/mol. The minimum absolute atomic E-state index is 0.0525. The number of methoxy groups -OCH3 is 1. The van der Waals surface area contributed by atoms with E-state index in [4.69, 9.17) is 4.74 Å². The summed E-state index contributed by atoms with van der Waals surface area (Å²) in [5, 5.41) is 34.6. The topological polar surface area (TPSA) is 325 Å². The minimum Gasteiger partial charge on any atom is -0.469 e. The van der Waals surface area contributed by atoms with Crippen LogP contribution >= 0.6 is 11.8 Å². The van der Waals surface area contributed by atoms with Crippen molar-refractivity contribution in [2.75, 3.05) is 67.9 Å². The molecule has 0 spiro atoms. The largest absolute Gasteiger partial charge is 0.469 e. The van der Waals surface area contributed by atoms with Crippen molar-refractivity contribution in [2.45, 2.75) is 247 Å².